The number of aromatic hydroxyl groups is 1. The molecular formula is C22H23N3O4. The maximum absolute atomic E-state index is 13.0. The van der Waals surface area contributed by atoms with Gasteiger partial charge in [0.2, 0.25) is 0 Å². The number of benzene rings is 2. The van der Waals surface area contributed by atoms with E-state index in [1.54, 1.807) is 23.1 Å². The molecule has 2 aromatic rings. The number of anilines is 1. The van der Waals surface area contributed by atoms with Crippen LogP contribution in [-0.4, -0.2) is 40.5 Å². The number of hydrogen-bond acceptors (Lipinski definition) is 5. The molecular weight excluding hydrogens is 370 g/mol. The van der Waals surface area contributed by atoms with Crippen LogP contribution >= 0.6 is 0 Å². The Morgan fingerprint density at radius 3 is 2.55 bits per heavy atom. The Hall–Kier alpha value is -3.09. The van der Waals surface area contributed by atoms with Gasteiger partial charge in [0, 0.05) is 43.3 Å². The summed E-state index contributed by atoms with van der Waals surface area (Å²) in [7, 11) is 0. The molecule has 1 amide bonds. The highest BCUT2D eigenvalue weighted by Crippen LogP contribution is 2.53. The Labute approximate surface area is 168 Å². The summed E-state index contributed by atoms with van der Waals surface area (Å²) < 4.78 is 0. The van der Waals surface area contributed by atoms with E-state index in [1.165, 1.54) is 11.6 Å². The number of hydrogen-bond donors (Lipinski definition) is 1. The first-order chi connectivity index (χ1) is 14.0. The first-order valence-electron chi connectivity index (χ1n) is 10.1. The van der Waals surface area contributed by atoms with E-state index in [1.807, 2.05) is 12.1 Å². The van der Waals surface area contributed by atoms with Gasteiger partial charge < -0.3 is 14.9 Å². The molecule has 3 aliphatic rings. The molecule has 1 saturated carbocycles. The fourth-order valence-corrected chi connectivity index (χ4v) is 4.81. The molecule has 2 aromatic carbocycles. The number of nitro benzene ring substituents is 1. The highest BCUT2D eigenvalue weighted by Gasteiger charge is 2.49. The normalized spacial score (nSPS) is 19.3. The summed E-state index contributed by atoms with van der Waals surface area (Å²) in [5.74, 6) is 0.0387. The molecule has 0 atom stereocenters. The summed E-state index contributed by atoms with van der Waals surface area (Å²) in [6, 6.07) is 10.4. The Bertz CT molecular complexity index is 1010. The average Bonchev–Trinajstić information content (AvgIpc) is 3.26. The fraction of sp³-hybridized carbons (Fsp3) is 0.409. The predicted molar refractivity (Wildman–Crippen MR) is 108 cm³/mol. The monoisotopic (exact) mass is 393 g/mol. The molecule has 2 aliphatic heterocycles. The molecule has 1 N–H and O–H groups in total. The number of phenolic OH excluding ortho intramolecular Hbond substituents is 1. The van der Waals surface area contributed by atoms with Gasteiger partial charge in [0.05, 0.1) is 4.92 Å². The van der Waals surface area contributed by atoms with Gasteiger partial charge >= 0.3 is 0 Å². The Balaban J connectivity index is 1.52. The molecule has 29 heavy (non-hydrogen) atoms. The van der Waals surface area contributed by atoms with Crippen molar-refractivity contribution in [3.05, 3.63) is 63.2 Å². The van der Waals surface area contributed by atoms with Crippen LogP contribution in [-0.2, 0) is 12.0 Å². The maximum Gasteiger partial charge on any atom is 0.282 e. The Morgan fingerprint density at radius 2 is 1.86 bits per heavy atom. The zero-order valence-corrected chi connectivity index (χ0v) is 16.1. The number of likely N-dealkylation sites (tertiary alicyclic amines) is 1. The number of phenols is 1. The fourth-order valence-electron chi connectivity index (χ4n) is 4.81. The molecule has 0 aromatic heterocycles. The second-order valence-corrected chi connectivity index (χ2v) is 8.44. The summed E-state index contributed by atoms with van der Waals surface area (Å²) in [6.07, 6.45) is 4.01. The lowest BCUT2D eigenvalue weighted by molar-refractivity contribution is -0.385. The predicted octanol–water partition coefficient (Wildman–Crippen LogP) is 3.59. The van der Waals surface area contributed by atoms with E-state index in [0.29, 0.717) is 19.6 Å². The molecule has 0 bridgehead atoms. The van der Waals surface area contributed by atoms with Crippen LogP contribution in [0.1, 0.15) is 47.2 Å². The molecule has 2 fully saturated rings. The minimum atomic E-state index is -0.469. The Morgan fingerprint density at radius 1 is 1.10 bits per heavy atom. The zero-order valence-electron chi connectivity index (χ0n) is 16.1. The van der Waals surface area contributed by atoms with Crippen molar-refractivity contribution in [2.24, 2.45) is 0 Å². The van der Waals surface area contributed by atoms with Crippen molar-refractivity contribution in [3.8, 4) is 5.75 Å². The van der Waals surface area contributed by atoms with Crippen molar-refractivity contribution in [2.75, 3.05) is 24.5 Å². The third-order valence-electron chi connectivity index (χ3n) is 6.54. The molecule has 1 aliphatic carbocycles. The van der Waals surface area contributed by atoms with E-state index in [0.717, 1.165) is 43.5 Å². The number of amides is 1. The second kappa shape index (κ2) is 6.47. The van der Waals surface area contributed by atoms with Crippen molar-refractivity contribution >= 4 is 17.3 Å². The summed E-state index contributed by atoms with van der Waals surface area (Å²) in [4.78, 5) is 27.9. The average molecular weight is 393 g/mol. The molecule has 5 rings (SSSR count). The molecule has 1 spiro atoms. The van der Waals surface area contributed by atoms with Crippen LogP contribution in [0.4, 0.5) is 11.4 Å². The number of carbonyl (C=O) groups is 1. The van der Waals surface area contributed by atoms with Gasteiger partial charge in [0.25, 0.3) is 11.6 Å². The van der Waals surface area contributed by atoms with Crippen molar-refractivity contribution in [1.29, 1.82) is 0 Å². The number of fused-ring (bicyclic) bond motifs is 2. The van der Waals surface area contributed by atoms with Crippen molar-refractivity contribution < 1.29 is 14.8 Å². The lowest BCUT2D eigenvalue weighted by Crippen LogP contribution is -2.38. The van der Waals surface area contributed by atoms with Crippen LogP contribution in [0.2, 0.25) is 0 Å². The van der Waals surface area contributed by atoms with Gasteiger partial charge in [-0.1, -0.05) is 6.07 Å². The maximum atomic E-state index is 13.0. The van der Waals surface area contributed by atoms with E-state index in [2.05, 4.69) is 4.90 Å². The number of carbonyl (C=O) groups excluding carboxylic acids is 1. The summed E-state index contributed by atoms with van der Waals surface area (Å²) in [5, 5.41) is 21.4. The lowest BCUT2D eigenvalue weighted by atomic mass is 9.86. The number of nitrogens with zero attached hydrogens (tertiary/aromatic N) is 3. The molecule has 0 unspecified atom stereocenters. The molecule has 7 heteroatoms. The van der Waals surface area contributed by atoms with Gasteiger partial charge in [-0.3, -0.25) is 14.9 Å². The molecule has 1 saturated heterocycles. The largest absolute Gasteiger partial charge is 0.508 e. The van der Waals surface area contributed by atoms with Gasteiger partial charge in [0.1, 0.15) is 11.3 Å². The third kappa shape index (κ3) is 3.01. The van der Waals surface area contributed by atoms with Crippen LogP contribution in [0.25, 0.3) is 0 Å². The molecule has 2 heterocycles. The number of rotatable bonds is 3. The van der Waals surface area contributed by atoms with Crippen LogP contribution < -0.4 is 4.90 Å². The SMILES string of the molecule is O=C(c1cc(N2Cc3ccc(O)cc3C3(CC3)C2)ccc1[N+](=O)[O-])N1CCCC1. The first kappa shape index (κ1) is 18.0. The summed E-state index contributed by atoms with van der Waals surface area (Å²) in [6.45, 7) is 2.76. The minimum absolute atomic E-state index is 0.0349. The molecule has 150 valence electrons. The second-order valence-electron chi connectivity index (χ2n) is 8.44. The highest BCUT2D eigenvalue weighted by molar-refractivity contribution is 5.99. The van der Waals surface area contributed by atoms with Gasteiger partial charge in [-0.2, -0.15) is 0 Å². The van der Waals surface area contributed by atoms with Gasteiger partial charge in [0.15, 0.2) is 0 Å². The van der Waals surface area contributed by atoms with Crippen molar-refractivity contribution in [2.45, 2.75) is 37.6 Å². The van der Waals surface area contributed by atoms with Crippen LogP contribution in [0.5, 0.6) is 5.75 Å². The van der Waals surface area contributed by atoms with Gasteiger partial charge in [-0.25, -0.2) is 0 Å². The zero-order chi connectivity index (χ0) is 20.2. The minimum Gasteiger partial charge on any atom is -0.508 e. The quantitative estimate of drug-likeness (QED) is 0.636. The van der Waals surface area contributed by atoms with E-state index in [9.17, 15) is 20.0 Å². The van der Waals surface area contributed by atoms with Crippen molar-refractivity contribution in [3.63, 3.8) is 0 Å². The smallest absolute Gasteiger partial charge is 0.282 e. The molecule has 7 nitrogen and oxygen atoms in total. The topological polar surface area (TPSA) is 86.9 Å². The highest BCUT2D eigenvalue weighted by atomic mass is 16.6. The van der Waals surface area contributed by atoms with E-state index < -0.39 is 4.92 Å². The van der Waals surface area contributed by atoms with Crippen LogP contribution in [0, 0.1) is 10.1 Å². The van der Waals surface area contributed by atoms with Crippen molar-refractivity contribution in [1.82, 2.24) is 4.90 Å². The molecule has 0 radical (unpaired) electrons. The number of nitro groups is 1. The first-order valence-corrected chi connectivity index (χ1v) is 10.1. The lowest BCUT2D eigenvalue weighted by Gasteiger charge is -2.37. The standard InChI is InChI=1S/C22H23N3O4/c26-17-5-3-15-13-24(14-22(7-8-22)19(15)12-17)16-4-6-20(25(28)29)18(11-16)21(27)23-9-1-2-10-23/h3-6,11-12,26H,1-2,7-10,13-14H2. The van der Waals surface area contributed by atoms with Crippen LogP contribution in [0.15, 0.2) is 36.4 Å². The van der Waals surface area contributed by atoms with Gasteiger partial charge in [-0.15, -0.1) is 0 Å². The third-order valence-corrected chi connectivity index (χ3v) is 6.54. The van der Waals surface area contributed by atoms with Crippen LogP contribution in [0.3, 0.4) is 0 Å². The summed E-state index contributed by atoms with van der Waals surface area (Å²) >= 11 is 0. The van der Waals surface area contributed by atoms with E-state index >= 15 is 0 Å². The Kier molecular flexibility index (Phi) is 4.01. The van der Waals surface area contributed by atoms with E-state index in [4.69, 9.17) is 0 Å². The summed E-state index contributed by atoms with van der Waals surface area (Å²) in [5.41, 5.74) is 3.29. The van der Waals surface area contributed by atoms with Gasteiger partial charge in [-0.05, 0) is 61.1 Å². The van der Waals surface area contributed by atoms with E-state index in [-0.39, 0.29) is 28.3 Å².